The third-order valence-electron chi connectivity index (χ3n) is 5.72. The van der Waals surface area contributed by atoms with E-state index in [4.69, 9.17) is 0 Å². The molecule has 1 rings (SSSR count). The number of carbonyl (C=O) groups excluding carboxylic acids is 1. The topological polar surface area (TPSA) is 20.3 Å². The fourth-order valence-corrected chi connectivity index (χ4v) is 3.88. The Morgan fingerprint density at radius 3 is 1.59 bits per heavy atom. The van der Waals surface area contributed by atoms with Crippen LogP contribution in [0.25, 0.3) is 0 Å². The average Bonchev–Trinajstić information content (AvgIpc) is 2.55. The van der Waals surface area contributed by atoms with Crippen LogP contribution >= 0.6 is 0 Å². The van der Waals surface area contributed by atoms with Gasteiger partial charge in [0.05, 0.1) is 5.69 Å². The van der Waals surface area contributed by atoms with Crippen LogP contribution in [0.2, 0.25) is 0 Å². The molecule has 0 radical (unpaired) electrons. The molecule has 166 valence electrons. The molecule has 0 bridgehead atoms. The van der Waals surface area contributed by atoms with Crippen molar-refractivity contribution in [3.63, 3.8) is 0 Å². The van der Waals surface area contributed by atoms with E-state index in [0.29, 0.717) is 0 Å². The molecular formula is C27H47NO. The standard InChI is InChI=1S/C27H47NO/c1-13-15-19(3)24(29)28(16-14-2)23-21(26(7,8)9)17-20(25(4,5)6)18-22(23)27(10,11)12/h17-19H,13-16H2,1-12H3. The van der Waals surface area contributed by atoms with Gasteiger partial charge in [-0.3, -0.25) is 4.79 Å². The zero-order valence-electron chi connectivity index (χ0n) is 21.4. The Kier molecular flexibility index (Phi) is 8.19. The molecule has 1 atom stereocenters. The number of hydrogen-bond donors (Lipinski definition) is 0. The molecule has 0 N–H and O–H groups in total. The van der Waals surface area contributed by atoms with Gasteiger partial charge in [0.1, 0.15) is 0 Å². The summed E-state index contributed by atoms with van der Waals surface area (Å²) in [6.07, 6.45) is 2.93. The van der Waals surface area contributed by atoms with Crippen molar-refractivity contribution in [2.75, 3.05) is 11.4 Å². The van der Waals surface area contributed by atoms with Crippen LogP contribution in [-0.4, -0.2) is 12.5 Å². The summed E-state index contributed by atoms with van der Waals surface area (Å²) >= 11 is 0. The zero-order valence-corrected chi connectivity index (χ0v) is 21.4. The van der Waals surface area contributed by atoms with E-state index < -0.39 is 0 Å². The fourth-order valence-electron chi connectivity index (χ4n) is 3.88. The van der Waals surface area contributed by atoms with Gasteiger partial charge in [0.2, 0.25) is 5.91 Å². The number of amides is 1. The van der Waals surface area contributed by atoms with Crippen molar-refractivity contribution in [3.05, 3.63) is 28.8 Å². The van der Waals surface area contributed by atoms with E-state index in [-0.39, 0.29) is 28.1 Å². The van der Waals surface area contributed by atoms with Gasteiger partial charge < -0.3 is 4.90 Å². The summed E-state index contributed by atoms with van der Waals surface area (Å²) in [7, 11) is 0. The Morgan fingerprint density at radius 2 is 1.28 bits per heavy atom. The molecule has 1 aromatic carbocycles. The second-order valence-electron chi connectivity index (χ2n) is 11.8. The number of nitrogens with zero attached hydrogens (tertiary/aromatic N) is 1. The molecule has 0 fully saturated rings. The maximum absolute atomic E-state index is 13.6. The molecule has 0 heterocycles. The smallest absolute Gasteiger partial charge is 0.229 e. The van der Waals surface area contributed by atoms with Gasteiger partial charge in [-0.25, -0.2) is 0 Å². The van der Waals surface area contributed by atoms with Crippen LogP contribution < -0.4 is 4.90 Å². The van der Waals surface area contributed by atoms with Crippen molar-refractivity contribution in [2.24, 2.45) is 5.92 Å². The summed E-state index contributed by atoms with van der Waals surface area (Å²) < 4.78 is 0. The average molecular weight is 402 g/mol. The van der Waals surface area contributed by atoms with Gasteiger partial charge >= 0.3 is 0 Å². The molecule has 2 nitrogen and oxygen atoms in total. The van der Waals surface area contributed by atoms with Gasteiger partial charge in [-0.2, -0.15) is 0 Å². The first-order valence-electron chi connectivity index (χ1n) is 11.6. The Bertz CT molecular complexity index is 660. The molecule has 2 heteroatoms. The Morgan fingerprint density at radius 1 is 0.828 bits per heavy atom. The minimum atomic E-state index is -0.0448. The number of carbonyl (C=O) groups is 1. The van der Waals surface area contributed by atoms with Crippen molar-refractivity contribution >= 4 is 11.6 Å². The van der Waals surface area contributed by atoms with E-state index in [0.717, 1.165) is 31.5 Å². The van der Waals surface area contributed by atoms with Crippen molar-refractivity contribution in [1.82, 2.24) is 0 Å². The molecule has 0 aliphatic carbocycles. The second kappa shape index (κ2) is 9.23. The SMILES string of the molecule is CCCC(C)C(=O)N(CCC)c1c(C(C)(C)C)cc(C(C)(C)C)cc1C(C)(C)C. The molecule has 0 aliphatic rings. The second-order valence-corrected chi connectivity index (χ2v) is 11.8. The number of benzene rings is 1. The zero-order chi connectivity index (χ0) is 22.8. The van der Waals surface area contributed by atoms with Crippen molar-refractivity contribution in [3.8, 4) is 0 Å². The minimum absolute atomic E-state index is 0.0448. The lowest BCUT2D eigenvalue weighted by Crippen LogP contribution is -2.39. The van der Waals surface area contributed by atoms with Crippen LogP contribution in [0.4, 0.5) is 5.69 Å². The fraction of sp³-hybridized carbons (Fsp3) is 0.741. The van der Waals surface area contributed by atoms with Gasteiger partial charge in [-0.1, -0.05) is 102 Å². The largest absolute Gasteiger partial charge is 0.312 e. The van der Waals surface area contributed by atoms with E-state index >= 15 is 0 Å². The first-order valence-corrected chi connectivity index (χ1v) is 11.6. The van der Waals surface area contributed by atoms with Crippen molar-refractivity contribution in [2.45, 2.75) is 119 Å². The van der Waals surface area contributed by atoms with Gasteiger partial charge in [0, 0.05) is 12.5 Å². The molecule has 1 unspecified atom stereocenters. The lowest BCUT2D eigenvalue weighted by atomic mass is 9.73. The summed E-state index contributed by atoms with van der Waals surface area (Å²) in [5.41, 5.74) is 5.07. The van der Waals surface area contributed by atoms with Gasteiger partial charge in [0.15, 0.2) is 0 Å². The third-order valence-corrected chi connectivity index (χ3v) is 5.72. The molecule has 0 saturated heterocycles. The lowest BCUT2D eigenvalue weighted by Gasteiger charge is -2.38. The number of rotatable bonds is 6. The highest BCUT2D eigenvalue weighted by molar-refractivity contribution is 5.97. The minimum Gasteiger partial charge on any atom is -0.312 e. The molecule has 1 amide bonds. The van der Waals surface area contributed by atoms with E-state index in [1.54, 1.807) is 0 Å². The van der Waals surface area contributed by atoms with E-state index in [2.05, 4.69) is 100 Å². The lowest BCUT2D eigenvalue weighted by molar-refractivity contribution is -0.122. The first kappa shape index (κ1) is 25.7. The molecular weight excluding hydrogens is 354 g/mol. The molecule has 0 aliphatic heterocycles. The van der Waals surface area contributed by atoms with Crippen molar-refractivity contribution < 1.29 is 4.79 Å². The summed E-state index contributed by atoms with van der Waals surface area (Å²) in [4.78, 5) is 15.7. The Balaban J connectivity index is 3.94. The molecule has 0 spiro atoms. The maximum atomic E-state index is 13.6. The van der Waals surface area contributed by atoms with Crippen LogP contribution in [0.5, 0.6) is 0 Å². The van der Waals surface area contributed by atoms with E-state index in [9.17, 15) is 4.79 Å². The number of hydrogen-bond acceptors (Lipinski definition) is 1. The first-order chi connectivity index (χ1) is 13.1. The Labute approximate surface area is 181 Å². The Hall–Kier alpha value is -1.31. The molecule has 29 heavy (non-hydrogen) atoms. The van der Waals surface area contributed by atoms with E-state index in [1.807, 2.05) is 0 Å². The summed E-state index contributed by atoms with van der Waals surface area (Å²) in [5, 5.41) is 0. The monoisotopic (exact) mass is 401 g/mol. The summed E-state index contributed by atoms with van der Waals surface area (Å²) in [6.45, 7) is 27.7. The van der Waals surface area contributed by atoms with Gasteiger partial charge in [0.25, 0.3) is 0 Å². The number of anilines is 1. The summed E-state index contributed by atoms with van der Waals surface area (Å²) in [6, 6.07) is 4.73. The van der Waals surface area contributed by atoms with Crippen LogP contribution in [0, 0.1) is 5.92 Å². The normalized spacial score (nSPS) is 14.1. The van der Waals surface area contributed by atoms with Crippen LogP contribution in [-0.2, 0) is 21.0 Å². The predicted octanol–water partition coefficient (Wildman–Crippen LogP) is 7.76. The summed E-state index contributed by atoms with van der Waals surface area (Å²) in [5.74, 6) is 0.322. The van der Waals surface area contributed by atoms with Crippen LogP contribution in [0.3, 0.4) is 0 Å². The highest BCUT2D eigenvalue weighted by Gasteiger charge is 2.34. The van der Waals surface area contributed by atoms with E-state index in [1.165, 1.54) is 16.7 Å². The third kappa shape index (κ3) is 6.33. The highest BCUT2D eigenvalue weighted by atomic mass is 16.2. The van der Waals surface area contributed by atoms with Gasteiger partial charge in [-0.15, -0.1) is 0 Å². The van der Waals surface area contributed by atoms with Crippen LogP contribution in [0.1, 0.15) is 119 Å². The maximum Gasteiger partial charge on any atom is 0.229 e. The van der Waals surface area contributed by atoms with Gasteiger partial charge in [-0.05, 0) is 45.8 Å². The quantitative estimate of drug-likeness (QED) is 0.477. The predicted molar refractivity (Wildman–Crippen MR) is 129 cm³/mol. The van der Waals surface area contributed by atoms with Crippen molar-refractivity contribution in [1.29, 1.82) is 0 Å². The molecule has 1 aromatic rings. The van der Waals surface area contributed by atoms with Crippen LogP contribution in [0.15, 0.2) is 12.1 Å². The highest BCUT2D eigenvalue weighted by Crippen LogP contribution is 2.43. The molecule has 0 aromatic heterocycles. The molecule has 0 saturated carbocycles.